The number of hydrogen-bond donors (Lipinski definition) is 2. The van der Waals surface area contributed by atoms with Crippen LogP contribution in [0.4, 0.5) is 0 Å². The van der Waals surface area contributed by atoms with Gasteiger partial charge in [0.1, 0.15) is 11.6 Å². The zero-order valence-electron chi connectivity index (χ0n) is 23.7. The number of hydrogen-bond acceptors (Lipinski definition) is 5. The molecule has 212 valence electrons. The van der Waals surface area contributed by atoms with Crippen LogP contribution in [0.5, 0.6) is 0 Å². The van der Waals surface area contributed by atoms with Gasteiger partial charge in [0.05, 0.1) is 0 Å². The van der Waals surface area contributed by atoms with Crippen LogP contribution < -0.4 is 11.1 Å². The van der Waals surface area contributed by atoms with E-state index in [9.17, 15) is 19.2 Å². The minimum atomic E-state index is -0.642. The Balaban J connectivity index is 1.34. The molecule has 0 radical (unpaired) electrons. The summed E-state index contributed by atoms with van der Waals surface area (Å²) in [5.74, 6) is 0.833. The number of allylic oxidation sites excluding steroid dienone is 2. The number of nitrogens with zero attached hydrogens (tertiary/aromatic N) is 2. The molecule has 8 heteroatoms. The summed E-state index contributed by atoms with van der Waals surface area (Å²) in [7, 11) is 0. The Morgan fingerprint density at radius 2 is 1.90 bits per heavy atom. The van der Waals surface area contributed by atoms with Crippen LogP contribution >= 0.6 is 0 Å². The van der Waals surface area contributed by atoms with Gasteiger partial charge in [-0.05, 0) is 99.5 Å². The fourth-order valence-electron chi connectivity index (χ4n) is 8.76. The molecule has 4 fully saturated rings. The van der Waals surface area contributed by atoms with Crippen molar-refractivity contribution in [2.24, 2.45) is 40.7 Å². The van der Waals surface area contributed by atoms with E-state index in [1.54, 1.807) is 0 Å². The molecule has 3 heterocycles. The molecule has 0 bridgehead atoms. The third-order valence-corrected chi connectivity index (χ3v) is 11.3. The molecule has 3 amide bonds. The Hall–Kier alpha value is -2.48. The average molecular weight is 537 g/mol. The highest BCUT2D eigenvalue weighted by Crippen LogP contribution is 2.59. The van der Waals surface area contributed by atoms with Crippen LogP contribution in [0.25, 0.3) is 0 Å². The molecule has 2 saturated carbocycles. The fraction of sp³-hybridized carbons (Fsp3) is 0.742. The van der Waals surface area contributed by atoms with Crippen LogP contribution in [0.1, 0.15) is 72.1 Å². The average Bonchev–Trinajstić information content (AvgIpc) is 3.57. The van der Waals surface area contributed by atoms with Gasteiger partial charge in [-0.1, -0.05) is 25.5 Å². The van der Waals surface area contributed by atoms with Crippen LogP contribution in [-0.4, -0.2) is 71.1 Å². The quantitative estimate of drug-likeness (QED) is 0.525. The first kappa shape index (κ1) is 26.7. The fourth-order valence-corrected chi connectivity index (χ4v) is 8.76. The lowest BCUT2D eigenvalue weighted by atomic mass is 9.50. The summed E-state index contributed by atoms with van der Waals surface area (Å²) in [4.78, 5) is 55.8. The number of rotatable bonds is 5. The Kier molecular flexibility index (Phi) is 6.76. The summed E-state index contributed by atoms with van der Waals surface area (Å²) in [6, 6.07) is -0.348. The van der Waals surface area contributed by atoms with Crippen molar-refractivity contribution >= 4 is 23.5 Å². The second-order valence-corrected chi connectivity index (χ2v) is 13.6. The van der Waals surface area contributed by atoms with E-state index in [2.05, 4.69) is 31.0 Å². The van der Waals surface area contributed by atoms with Crippen molar-refractivity contribution in [2.75, 3.05) is 19.6 Å². The molecule has 8 nitrogen and oxygen atoms in total. The van der Waals surface area contributed by atoms with E-state index >= 15 is 0 Å². The van der Waals surface area contributed by atoms with Crippen LogP contribution in [-0.2, 0) is 19.2 Å². The van der Waals surface area contributed by atoms with Crippen LogP contribution in [0.3, 0.4) is 0 Å². The van der Waals surface area contributed by atoms with Gasteiger partial charge in [0.2, 0.25) is 5.91 Å². The number of ketones is 1. The van der Waals surface area contributed by atoms with Gasteiger partial charge in [-0.2, -0.15) is 0 Å². The minimum Gasteiger partial charge on any atom is -0.368 e. The lowest BCUT2D eigenvalue weighted by Gasteiger charge is -2.60. The van der Waals surface area contributed by atoms with Crippen molar-refractivity contribution in [1.82, 2.24) is 15.1 Å². The Labute approximate surface area is 231 Å². The van der Waals surface area contributed by atoms with E-state index in [1.165, 1.54) is 23.3 Å². The van der Waals surface area contributed by atoms with Gasteiger partial charge in [-0.15, -0.1) is 0 Å². The van der Waals surface area contributed by atoms with Crippen LogP contribution in [0.2, 0.25) is 0 Å². The number of amides is 3. The summed E-state index contributed by atoms with van der Waals surface area (Å²) in [6.45, 7) is 9.45. The van der Waals surface area contributed by atoms with Gasteiger partial charge in [0.25, 0.3) is 11.8 Å². The highest BCUT2D eigenvalue weighted by Gasteiger charge is 2.57. The van der Waals surface area contributed by atoms with Gasteiger partial charge in [0.15, 0.2) is 5.78 Å². The van der Waals surface area contributed by atoms with E-state index in [0.29, 0.717) is 49.6 Å². The predicted octanol–water partition coefficient (Wildman–Crippen LogP) is 2.58. The second kappa shape index (κ2) is 9.86. The normalized spacial score (nSPS) is 40.8. The third kappa shape index (κ3) is 4.56. The number of piperidine rings is 1. The molecule has 2 saturated heterocycles. The van der Waals surface area contributed by atoms with E-state index in [0.717, 1.165) is 38.3 Å². The molecular weight excluding hydrogens is 492 g/mol. The topological polar surface area (TPSA) is 113 Å². The molecule has 0 spiro atoms. The molecule has 3 aliphatic heterocycles. The number of nitrogens with two attached hydrogens (primary N) is 1. The molecule has 6 rings (SSSR count). The zero-order chi connectivity index (χ0) is 27.6. The molecule has 3 aliphatic carbocycles. The largest absolute Gasteiger partial charge is 0.368 e. The second-order valence-electron chi connectivity index (χ2n) is 13.6. The van der Waals surface area contributed by atoms with Crippen LogP contribution in [0.15, 0.2) is 23.3 Å². The first-order chi connectivity index (χ1) is 18.6. The highest BCUT2D eigenvalue weighted by atomic mass is 16.2. The molecule has 8 atom stereocenters. The number of likely N-dealkylation sites (tertiary alicyclic amines) is 2. The van der Waals surface area contributed by atoms with Crippen molar-refractivity contribution in [3.05, 3.63) is 23.3 Å². The molecule has 39 heavy (non-hydrogen) atoms. The predicted molar refractivity (Wildman–Crippen MR) is 147 cm³/mol. The maximum Gasteiger partial charge on any atom is 0.259 e. The summed E-state index contributed by atoms with van der Waals surface area (Å²) in [5, 5.41) is 3.22. The summed E-state index contributed by atoms with van der Waals surface area (Å²) >= 11 is 0. The van der Waals surface area contributed by atoms with E-state index in [4.69, 9.17) is 5.73 Å². The number of carbonyl (C=O) groups is 4. The standard InChI is InChI=1S/C31H44N4O4/c1-17-11-22(36)14-24(18(17)2)31-8-10-34(16-20-6-7-20)19(3)25(31)13-21-12-23(29(38)33-26(21)15-31)30(39)35-9-4-5-27(35)28(32)37/h12,14,17-21,25-27H,4-11,13,15-16H2,1-3H3,(H2,32,37)(H,33,38). The minimum absolute atomic E-state index is 0.0466. The number of primary amides is 1. The summed E-state index contributed by atoms with van der Waals surface area (Å²) in [5.41, 5.74) is 6.90. The lowest BCUT2D eigenvalue weighted by Crippen LogP contribution is -2.62. The van der Waals surface area contributed by atoms with E-state index < -0.39 is 11.9 Å². The SMILES string of the molecule is CC1CC(=O)C=C(C23CCN(CC4CC4)C(C)C2CC2C=C(C(=O)N4CCCC4C(N)=O)C(=O)NC2C3)C1C. The molecule has 6 aliphatic rings. The van der Waals surface area contributed by atoms with Crippen molar-refractivity contribution in [1.29, 1.82) is 0 Å². The van der Waals surface area contributed by atoms with Gasteiger partial charge < -0.3 is 20.9 Å². The number of nitrogens with one attached hydrogen (secondary N) is 1. The van der Waals surface area contributed by atoms with Crippen molar-refractivity contribution in [3.8, 4) is 0 Å². The lowest BCUT2D eigenvalue weighted by molar-refractivity contribution is -0.137. The van der Waals surface area contributed by atoms with Gasteiger partial charge in [-0.3, -0.25) is 19.2 Å². The van der Waals surface area contributed by atoms with Gasteiger partial charge in [-0.25, -0.2) is 0 Å². The first-order valence-electron chi connectivity index (χ1n) is 15.2. The van der Waals surface area contributed by atoms with Gasteiger partial charge >= 0.3 is 0 Å². The smallest absolute Gasteiger partial charge is 0.259 e. The maximum atomic E-state index is 13.5. The summed E-state index contributed by atoms with van der Waals surface area (Å²) < 4.78 is 0. The number of fused-ring (bicyclic) bond motifs is 2. The van der Waals surface area contributed by atoms with Crippen LogP contribution in [0, 0.1) is 35.0 Å². The molecule has 0 aromatic rings. The van der Waals surface area contributed by atoms with Crippen molar-refractivity contribution in [2.45, 2.75) is 90.3 Å². The third-order valence-electron chi connectivity index (χ3n) is 11.3. The zero-order valence-corrected chi connectivity index (χ0v) is 23.7. The molecular formula is C31H44N4O4. The van der Waals surface area contributed by atoms with E-state index in [-0.39, 0.29) is 40.5 Å². The molecule has 3 N–H and O–H groups in total. The summed E-state index contributed by atoms with van der Waals surface area (Å²) in [6.07, 6.45) is 11.1. The monoisotopic (exact) mass is 536 g/mol. The molecule has 0 aromatic carbocycles. The van der Waals surface area contributed by atoms with Gasteiger partial charge in [0, 0.05) is 31.6 Å². The Morgan fingerprint density at radius 3 is 2.62 bits per heavy atom. The Bertz CT molecular complexity index is 1140. The first-order valence-corrected chi connectivity index (χ1v) is 15.2. The van der Waals surface area contributed by atoms with Crippen molar-refractivity contribution in [3.63, 3.8) is 0 Å². The van der Waals surface area contributed by atoms with Crippen molar-refractivity contribution < 1.29 is 19.2 Å². The molecule has 8 unspecified atom stereocenters. The maximum absolute atomic E-state index is 13.5. The Morgan fingerprint density at radius 1 is 1.13 bits per heavy atom. The van der Waals surface area contributed by atoms with E-state index in [1.807, 2.05) is 12.2 Å². The number of carbonyl (C=O) groups excluding carboxylic acids is 4. The highest BCUT2D eigenvalue weighted by molar-refractivity contribution is 6.19. The molecule has 0 aromatic heterocycles.